The highest BCUT2D eigenvalue weighted by Crippen LogP contribution is 2.25. The van der Waals surface area contributed by atoms with Crippen LogP contribution >= 0.6 is 23.2 Å². The number of nitrogens with one attached hydrogen (secondary N) is 2. The number of halogens is 2. The van der Waals surface area contributed by atoms with Crippen LogP contribution in [0.15, 0.2) is 54.9 Å². The topological polar surface area (TPSA) is 76.1 Å². The van der Waals surface area contributed by atoms with E-state index in [0.29, 0.717) is 27.3 Å². The van der Waals surface area contributed by atoms with Crippen LogP contribution in [0.3, 0.4) is 0 Å². The van der Waals surface area contributed by atoms with Crippen LogP contribution in [0.2, 0.25) is 10.0 Å². The van der Waals surface area contributed by atoms with E-state index in [0.717, 1.165) is 5.69 Å². The summed E-state index contributed by atoms with van der Waals surface area (Å²) in [7, 11) is 1.59. The van der Waals surface area contributed by atoms with Crippen molar-refractivity contribution in [3.63, 3.8) is 0 Å². The molecular formula is C18H14Cl2N4O2. The third kappa shape index (κ3) is 4.41. The number of carbonyl (C=O) groups is 1. The zero-order chi connectivity index (χ0) is 18.5. The number of aromatic nitrogens is 2. The SMILES string of the molecule is COc1cccc(Nc2cc(C(=O)Nc3ccc(Cl)c(Cl)c3)ncn2)c1. The number of methoxy groups -OCH3 is 1. The molecule has 0 bridgehead atoms. The van der Waals surface area contributed by atoms with Crippen LogP contribution in [-0.2, 0) is 0 Å². The second-order valence-electron chi connectivity index (χ2n) is 5.23. The molecule has 2 aromatic carbocycles. The van der Waals surface area contributed by atoms with E-state index < -0.39 is 0 Å². The van der Waals surface area contributed by atoms with E-state index in [2.05, 4.69) is 20.6 Å². The summed E-state index contributed by atoms with van der Waals surface area (Å²) in [6, 6.07) is 13.7. The highest BCUT2D eigenvalue weighted by molar-refractivity contribution is 6.42. The number of amides is 1. The Morgan fingerprint density at radius 2 is 1.85 bits per heavy atom. The number of benzene rings is 2. The summed E-state index contributed by atoms with van der Waals surface area (Å²) in [5.41, 5.74) is 1.50. The van der Waals surface area contributed by atoms with Gasteiger partial charge < -0.3 is 15.4 Å². The van der Waals surface area contributed by atoms with Gasteiger partial charge in [-0.2, -0.15) is 0 Å². The first-order valence-electron chi connectivity index (χ1n) is 7.54. The average molecular weight is 389 g/mol. The number of anilines is 3. The fraction of sp³-hybridized carbons (Fsp3) is 0.0556. The second kappa shape index (κ2) is 8.03. The summed E-state index contributed by atoms with van der Waals surface area (Å²) in [5.74, 6) is 0.800. The van der Waals surface area contributed by atoms with Crippen LogP contribution in [0.4, 0.5) is 17.2 Å². The van der Waals surface area contributed by atoms with Crippen molar-refractivity contribution >= 4 is 46.3 Å². The molecule has 0 aliphatic rings. The van der Waals surface area contributed by atoms with Gasteiger partial charge in [0.1, 0.15) is 23.6 Å². The molecule has 0 aliphatic heterocycles. The first-order valence-corrected chi connectivity index (χ1v) is 8.30. The van der Waals surface area contributed by atoms with E-state index in [1.165, 1.54) is 6.33 Å². The van der Waals surface area contributed by atoms with E-state index in [1.54, 1.807) is 31.4 Å². The largest absolute Gasteiger partial charge is 0.497 e. The predicted molar refractivity (Wildman–Crippen MR) is 103 cm³/mol. The molecule has 0 fully saturated rings. The number of ether oxygens (including phenoxy) is 1. The lowest BCUT2D eigenvalue weighted by molar-refractivity contribution is 0.102. The molecule has 3 rings (SSSR count). The molecule has 0 saturated carbocycles. The monoisotopic (exact) mass is 388 g/mol. The molecule has 0 aliphatic carbocycles. The maximum absolute atomic E-state index is 12.4. The number of rotatable bonds is 5. The minimum absolute atomic E-state index is 0.205. The van der Waals surface area contributed by atoms with Crippen molar-refractivity contribution in [2.45, 2.75) is 0 Å². The van der Waals surface area contributed by atoms with Gasteiger partial charge in [-0.1, -0.05) is 29.3 Å². The lowest BCUT2D eigenvalue weighted by Gasteiger charge is -2.09. The Bertz CT molecular complexity index is 950. The summed E-state index contributed by atoms with van der Waals surface area (Å²) in [6.07, 6.45) is 1.31. The van der Waals surface area contributed by atoms with Crippen molar-refractivity contribution in [3.8, 4) is 5.75 Å². The van der Waals surface area contributed by atoms with Crippen LogP contribution in [0.25, 0.3) is 0 Å². The molecule has 0 radical (unpaired) electrons. The van der Waals surface area contributed by atoms with E-state index in [9.17, 15) is 4.79 Å². The third-order valence-corrected chi connectivity index (χ3v) is 4.16. The number of hydrogen-bond donors (Lipinski definition) is 2. The van der Waals surface area contributed by atoms with E-state index in [1.807, 2.05) is 24.3 Å². The Morgan fingerprint density at radius 1 is 1.00 bits per heavy atom. The highest BCUT2D eigenvalue weighted by atomic mass is 35.5. The Morgan fingerprint density at radius 3 is 2.62 bits per heavy atom. The lowest BCUT2D eigenvalue weighted by atomic mass is 10.3. The normalized spacial score (nSPS) is 10.3. The van der Waals surface area contributed by atoms with Gasteiger partial charge in [0.25, 0.3) is 5.91 Å². The van der Waals surface area contributed by atoms with Gasteiger partial charge in [0.2, 0.25) is 0 Å². The zero-order valence-electron chi connectivity index (χ0n) is 13.7. The van der Waals surface area contributed by atoms with Crippen molar-refractivity contribution in [2.24, 2.45) is 0 Å². The van der Waals surface area contributed by atoms with E-state index in [-0.39, 0.29) is 11.6 Å². The molecule has 0 atom stereocenters. The molecule has 8 heteroatoms. The molecule has 0 spiro atoms. The highest BCUT2D eigenvalue weighted by Gasteiger charge is 2.10. The molecule has 132 valence electrons. The number of carbonyl (C=O) groups excluding carboxylic acids is 1. The Labute approximate surface area is 160 Å². The summed E-state index contributed by atoms with van der Waals surface area (Å²) < 4.78 is 5.18. The predicted octanol–water partition coefficient (Wildman–Crippen LogP) is 4.79. The molecule has 1 amide bonds. The second-order valence-corrected chi connectivity index (χ2v) is 6.04. The molecule has 6 nitrogen and oxygen atoms in total. The van der Waals surface area contributed by atoms with Gasteiger partial charge in [-0.05, 0) is 30.3 Å². The van der Waals surface area contributed by atoms with Gasteiger partial charge in [0, 0.05) is 23.5 Å². The Balaban J connectivity index is 1.75. The minimum Gasteiger partial charge on any atom is -0.497 e. The number of nitrogens with zero attached hydrogens (tertiary/aromatic N) is 2. The van der Waals surface area contributed by atoms with E-state index in [4.69, 9.17) is 27.9 Å². The van der Waals surface area contributed by atoms with Crippen LogP contribution in [0, 0.1) is 0 Å². The van der Waals surface area contributed by atoms with Crippen molar-refractivity contribution in [1.29, 1.82) is 0 Å². The van der Waals surface area contributed by atoms with Gasteiger partial charge in [-0.3, -0.25) is 4.79 Å². The lowest BCUT2D eigenvalue weighted by Crippen LogP contribution is -2.14. The minimum atomic E-state index is -0.389. The van der Waals surface area contributed by atoms with Gasteiger partial charge in [-0.25, -0.2) is 9.97 Å². The van der Waals surface area contributed by atoms with Crippen molar-refractivity contribution in [3.05, 3.63) is 70.6 Å². The van der Waals surface area contributed by atoms with Crippen molar-refractivity contribution in [2.75, 3.05) is 17.7 Å². The fourth-order valence-electron chi connectivity index (χ4n) is 2.17. The summed E-state index contributed by atoms with van der Waals surface area (Å²) >= 11 is 11.8. The van der Waals surface area contributed by atoms with Crippen LogP contribution in [0.5, 0.6) is 5.75 Å². The Kier molecular flexibility index (Phi) is 5.55. The fourth-order valence-corrected chi connectivity index (χ4v) is 2.47. The standard InChI is InChI=1S/C18H14Cl2N4O2/c1-26-13-4-2-3-11(7-13)23-17-9-16(21-10-22-17)18(25)24-12-5-6-14(19)15(20)8-12/h2-10H,1H3,(H,24,25)(H,21,22,23). The van der Waals surface area contributed by atoms with E-state index >= 15 is 0 Å². The van der Waals surface area contributed by atoms with Crippen LogP contribution in [0.1, 0.15) is 10.5 Å². The summed E-state index contributed by atoms with van der Waals surface area (Å²) in [4.78, 5) is 20.5. The molecule has 2 N–H and O–H groups in total. The molecular weight excluding hydrogens is 375 g/mol. The third-order valence-electron chi connectivity index (χ3n) is 3.42. The van der Waals surface area contributed by atoms with Gasteiger partial charge in [0.05, 0.1) is 17.2 Å². The molecule has 0 unspecified atom stereocenters. The molecule has 0 saturated heterocycles. The van der Waals surface area contributed by atoms with Crippen LogP contribution in [-0.4, -0.2) is 23.0 Å². The van der Waals surface area contributed by atoms with Gasteiger partial charge in [0.15, 0.2) is 0 Å². The van der Waals surface area contributed by atoms with Gasteiger partial charge in [-0.15, -0.1) is 0 Å². The van der Waals surface area contributed by atoms with Crippen molar-refractivity contribution < 1.29 is 9.53 Å². The van der Waals surface area contributed by atoms with Gasteiger partial charge >= 0.3 is 0 Å². The van der Waals surface area contributed by atoms with Crippen molar-refractivity contribution in [1.82, 2.24) is 9.97 Å². The quantitative estimate of drug-likeness (QED) is 0.656. The maximum atomic E-state index is 12.4. The summed E-state index contributed by atoms with van der Waals surface area (Å²) in [5, 5.41) is 6.59. The number of hydrogen-bond acceptors (Lipinski definition) is 5. The Hall–Kier alpha value is -2.83. The molecule has 3 aromatic rings. The van der Waals surface area contributed by atoms with Crippen LogP contribution < -0.4 is 15.4 Å². The molecule has 1 aromatic heterocycles. The summed E-state index contributed by atoms with van der Waals surface area (Å²) in [6.45, 7) is 0. The zero-order valence-corrected chi connectivity index (χ0v) is 15.2. The smallest absolute Gasteiger partial charge is 0.274 e. The average Bonchev–Trinajstić information content (AvgIpc) is 2.65. The first kappa shape index (κ1) is 18.0. The molecule has 1 heterocycles. The molecule has 26 heavy (non-hydrogen) atoms. The first-order chi connectivity index (χ1) is 12.5. The maximum Gasteiger partial charge on any atom is 0.274 e.